The molecule has 164 valence electrons. The average molecular weight is 434 g/mol. The fourth-order valence-corrected chi connectivity index (χ4v) is 3.15. The first kappa shape index (κ1) is 21.0. The number of benzene rings is 1. The van der Waals surface area contributed by atoms with Gasteiger partial charge in [-0.2, -0.15) is 4.98 Å². The molecule has 0 radical (unpaired) electrons. The van der Waals surface area contributed by atoms with Crippen molar-refractivity contribution in [3.63, 3.8) is 0 Å². The van der Waals surface area contributed by atoms with Crippen molar-refractivity contribution in [2.75, 3.05) is 14.2 Å². The van der Waals surface area contributed by atoms with Crippen molar-refractivity contribution >= 4 is 5.91 Å². The summed E-state index contributed by atoms with van der Waals surface area (Å²) in [7, 11) is 3.15. The van der Waals surface area contributed by atoms with Crippen molar-refractivity contribution in [1.29, 1.82) is 0 Å². The van der Waals surface area contributed by atoms with Crippen molar-refractivity contribution in [1.82, 2.24) is 30.0 Å². The summed E-state index contributed by atoms with van der Waals surface area (Å²) in [6.45, 7) is 3.63. The lowest BCUT2D eigenvalue weighted by atomic mass is 10.1. The van der Waals surface area contributed by atoms with Crippen molar-refractivity contribution < 1.29 is 18.8 Å². The fraction of sp³-hybridized carbons (Fsp3) is 0.227. The lowest BCUT2D eigenvalue weighted by Gasteiger charge is -2.16. The fourth-order valence-electron chi connectivity index (χ4n) is 3.15. The van der Waals surface area contributed by atoms with Crippen molar-refractivity contribution in [2.24, 2.45) is 0 Å². The van der Waals surface area contributed by atoms with Crippen LogP contribution in [0.4, 0.5) is 0 Å². The number of amides is 1. The molecule has 0 aliphatic rings. The molecule has 0 fully saturated rings. The van der Waals surface area contributed by atoms with Gasteiger partial charge >= 0.3 is 0 Å². The minimum atomic E-state index is -0.310. The minimum absolute atomic E-state index is 0.262. The molecular formula is C22H22N6O4. The van der Waals surface area contributed by atoms with E-state index in [0.717, 1.165) is 11.1 Å². The van der Waals surface area contributed by atoms with E-state index in [1.807, 2.05) is 19.1 Å². The van der Waals surface area contributed by atoms with E-state index in [1.54, 1.807) is 56.3 Å². The number of ether oxygens (including phenoxy) is 2. The molecule has 3 heterocycles. The molecule has 0 saturated heterocycles. The molecular weight excluding hydrogens is 412 g/mol. The maximum Gasteiger partial charge on any atom is 0.271 e. The lowest BCUT2D eigenvalue weighted by molar-refractivity contribution is 0.0935. The minimum Gasteiger partial charge on any atom is -0.493 e. The van der Waals surface area contributed by atoms with Gasteiger partial charge in [0.15, 0.2) is 17.3 Å². The van der Waals surface area contributed by atoms with Gasteiger partial charge in [0.1, 0.15) is 17.8 Å². The lowest BCUT2D eigenvalue weighted by Crippen LogP contribution is -2.27. The third-order valence-corrected chi connectivity index (χ3v) is 4.85. The van der Waals surface area contributed by atoms with Gasteiger partial charge in [-0.05, 0) is 43.7 Å². The molecule has 10 heteroatoms. The number of imidazole rings is 1. The van der Waals surface area contributed by atoms with Crippen molar-refractivity contribution in [3.8, 4) is 28.8 Å². The molecule has 0 aliphatic carbocycles. The second-order valence-corrected chi connectivity index (χ2v) is 7.03. The van der Waals surface area contributed by atoms with Gasteiger partial charge in [-0.25, -0.2) is 9.97 Å². The average Bonchev–Trinajstić information content (AvgIpc) is 3.48. The van der Waals surface area contributed by atoms with Crippen LogP contribution in [0.3, 0.4) is 0 Å². The Kier molecular flexibility index (Phi) is 5.84. The highest BCUT2D eigenvalue weighted by atomic mass is 16.5. The second kappa shape index (κ2) is 8.88. The van der Waals surface area contributed by atoms with Crippen LogP contribution in [0, 0.1) is 6.92 Å². The van der Waals surface area contributed by atoms with E-state index in [9.17, 15) is 4.79 Å². The normalized spacial score (nSPS) is 11.8. The van der Waals surface area contributed by atoms with Crippen molar-refractivity contribution in [2.45, 2.75) is 19.9 Å². The molecule has 0 bridgehead atoms. The number of nitrogens with zero attached hydrogens (tertiary/aromatic N) is 5. The van der Waals surface area contributed by atoms with E-state index in [2.05, 4.69) is 25.4 Å². The smallest absolute Gasteiger partial charge is 0.271 e. The summed E-state index contributed by atoms with van der Waals surface area (Å²) in [5, 5.41) is 6.74. The molecule has 1 aromatic carbocycles. The summed E-state index contributed by atoms with van der Waals surface area (Å²) in [5.74, 6) is 2.42. The summed E-state index contributed by atoms with van der Waals surface area (Å²) in [4.78, 5) is 25.5. The third kappa shape index (κ3) is 4.29. The van der Waals surface area contributed by atoms with Gasteiger partial charge in [0.25, 0.3) is 11.8 Å². The van der Waals surface area contributed by atoms with Crippen LogP contribution >= 0.6 is 0 Å². The van der Waals surface area contributed by atoms with Gasteiger partial charge in [-0.15, -0.1) is 0 Å². The van der Waals surface area contributed by atoms with E-state index < -0.39 is 0 Å². The number of rotatable bonds is 7. The van der Waals surface area contributed by atoms with E-state index in [-0.39, 0.29) is 17.6 Å². The van der Waals surface area contributed by atoms with Crippen LogP contribution in [0.5, 0.6) is 11.5 Å². The summed E-state index contributed by atoms with van der Waals surface area (Å²) in [6, 6.07) is 8.79. The number of aromatic nitrogens is 5. The van der Waals surface area contributed by atoms with Crippen molar-refractivity contribution in [3.05, 3.63) is 66.1 Å². The van der Waals surface area contributed by atoms with Crippen LogP contribution in [0.1, 0.15) is 34.8 Å². The molecule has 0 aliphatic heterocycles. The highest BCUT2D eigenvalue weighted by molar-refractivity contribution is 5.92. The quantitative estimate of drug-likeness (QED) is 0.471. The summed E-state index contributed by atoms with van der Waals surface area (Å²) in [6.07, 6.45) is 4.77. The topological polar surface area (TPSA) is 117 Å². The molecule has 0 unspecified atom stereocenters. The standard InChI is InChI=1S/C22H22N6O4/c1-13(15-5-6-18(30-3)19(9-15)31-4)25-21(29)17-11-28(12-24-17)20-10-16(7-8-23-20)22-26-14(2)27-32-22/h5-13H,1-4H3,(H,25,29)/t13-/m0/s1. The highest BCUT2D eigenvalue weighted by Crippen LogP contribution is 2.30. The van der Waals surface area contributed by atoms with Crippen LogP contribution in [-0.4, -0.2) is 44.8 Å². The third-order valence-electron chi connectivity index (χ3n) is 4.85. The van der Waals surface area contributed by atoms with Crippen LogP contribution < -0.4 is 14.8 Å². The monoisotopic (exact) mass is 434 g/mol. The molecule has 0 spiro atoms. The largest absolute Gasteiger partial charge is 0.493 e. The van der Waals surface area contributed by atoms with Crippen LogP contribution in [-0.2, 0) is 0 Å². The first-order chi connectivity index (χ1) is 15.5. The first-order valence-corrected chi connectivity index (χ1v) is 9.82. The molecule has 4 aromatic rings. The molecule has 1 N–H and O–H groups in total. The van der Waals surface area contributed by atoms with Gasteiger partial charge in [0, 0.05) is 18.0 Å². The zero-order valence-corrected chi connectivity index (χ0v) is 18.1. The van der Waals surface area contributed by atoms with Gasteiger partial charge in [0.2, 0.25) is 0 Å². The second-order valence-electron chi connectivity index (χ2n) is 7.03. The zero-order chi connectivity index (χ0) is 22.7. The SMILES string of the molecule is COc1ccc([C@H](C)NC(=O)c2cn(-c3cc(-c4nc(C)no4)ccn3)cn2)cc1OC. The number of methoxy groups -OCH3 is 2. The van der Waals surface area contributed by atoms with E-state index in [0.29, 0.717) is 29.0 Å². The highest BCUT2D eigenvalue weighted by Gasteiger charge is 2.17. The van der Waals surface area contributed by atoms with Gasteiger partial charge in [-0.1, -0.05) is 11.2 Å². The number of nitrogens with one attached hydrogen (secondary N) is 1. The Labute approximate surface area is 184 Å². The Morgan fingerprint density at radius 3 is 2.66 bits per heavy atom. The Hall–Kier alpha value is -4.21. The molecule has 0 saturated carbocycles. The van der Waals surface area contributed by atoms with E-state index in [1.165, 1.54) is 6.33 Å². The van der Waals surface area contributed by atoms with Gasteiger partial charge < -0.3 is 19.3 Å². The first-order valence-electron chi connectivity index (χ1n) is 9.82. The van der Waals surface area contributed by atoms with Gasteiger partial charge in [-0.3, -0.25) is 9.36 Å². The van der Waals surface area contributed by atoms with E-state index >= 15 is 0 Å². The van der Waals surface area contributed by atoms with Gasteiger partial charge in [0.05, 0.1) is 20.3 Å². The summed E-state index contributed by atoms with van der Waals surface area (Å²) >= 11 is 0. The molecule has 1 atom stereocenters. The number of hydrogen-bond acceptors (Lipinski definition) is 8. The van der Waals surface area contributed by atoms with Crippen LogP contribution in [0.15, 0.2) is 53.6 Å². The number of pyridine rings is 1. The Bertz CT molecular complexity index is 1250. The molecule has 32 heavy (non-hydrogen) atoms. The molecule has 10 nitrogen and oxygen atoms in total. The number of hydrogen-bond donors (Lipinski definition) is 1. The van der Waals surface area contributed by atoms with Crippen LogP contribution in [0.25, 0.3) is 17.3 Å². The molecule has 1 amide bonds. The predicted molar refractivity (Wildman–Crippen MR) is 115 cm³/mol. The van der Waals surface area contributed by atoms with Crippen LogP contribution in [0.2, 0.25) is 0 Å². The zero-order valence-electron chi connectivity index (χ0n) is 18.1. The maximum absolute atomic E-state index is 12.7. The summed E-state index contributed by atoms with van der Waals surface area (Å²) < 4.78 is 17.5. The van der Waals surface area contributed by atoms with E-state index in [4.69, 9.17) is 14.0 Å². The maximum atomic E-state index is 12.7. The number of carbonyl (C=O) groups is 1. The number of aryl methyl sites for hydroxylation is 1. The number of carbonyl (C=O) groups excluding carboxylic acids is 1. The molecule has 4 rings (SSSR count). The Balaban J connectivity index is 1.50. The Morgan fingerprint density at radius 2 is 1.94 bits per heavy atom. The summed E-state index contributed by atoms with van der Waals surface area (Å²) in [5.41, 5.74) is 1.86. The Morgan fingerprint density at radius 1 is 1.12 bits per heavy atom. The predicted octanol–water partition coefficient (Wildman–Crippen LogP) is 3.13. The molecule has 3 aromatic heterocycles.